The number of hydrogen-bond acceptors (Lipinski definition) is 4. The Balaban J connectivity index is 1.68. The minimum atomic E-state index is -0.364. The first-order valence-electron chi connectivity index (χ1n) is 8.71. The molecule has 0 saturated carbocycles. The molecule has 1 atom stereocenters. The number of nitrogens with one attached hydrogen (secondary N) is 1. The number of hydrogen-bond donors (Lipinski definition) is 1. The summed E-state index contributed by atoms with van der Waals surface area (Å²) in [7, 11) is 3.85. The average molecular weight is 372 g/mol. The second-order valence-electron chi connectivity index (χ2n) is 6.78. The van der Waals surface area contributed by atoms with Gasteiger partial charge in [-0.3, -0.25) is 4.79 Å². The summed E-state index contributed by atoms with van der Waals surface area (Å²) in [6.07, 6.45) is 0. The zero-order valence-corrected chi connectivity index (χ0v) is 15.6. The van der Waals surface area contributed by atoms with Crippen LogP contribution in [0.5, 0.6) is 0 Å². The third-order valence-corrected chi connectivity index (χ3v) is 4.65. The summed E-state index contributed by atoms with van der Waals surface area (Å²) in [5.41, 5.74) is 2.09. The van der Waals surface area contributed by atoms with Crippen LogP contribution in [0.15, 0.2) is 46.9 Å². The number of Topliss-reactive ketones (excluding diaryl/α,β-unsaturated/α-hetero) is 1. The molecule has 6 heteroatoms. The van der Waals surface area contributed by atoms with Crippen LogP contribution in [0.4, 0.5) is 8.78 Å². The zero-order chi connectivity index (χ0) is 19.6. The van der Waals surface area contributed by atoms with Gasteiger partial charge in [-0.2, -0.15) is 0 Å². The lowest BCUT2D eigenvalue weighted by molar-refractivity contribution is 0.0963. The first-order valence-corrected chi connectivity index (χ1v) is 8.71. The second-order valence-corrected chi connectivity index (χ2v) is 6.78. The van der Waals surface area contributed by atoms with E-state index >= 15 is 0 Å². The lowest BCUT2D eigenvalue weighted by Crippen LogP contribution is -2.33. The van der Waals surface area contributed by atoms with Gasteiger partial charge in [-0.1, -0.05) is 12.1 Å². The molecule has 3 rings (SSSR count). The molecule has 0 bridgehead atoms. The van der Waals surface area contributed by atoms with Crippen LogP contribution in [0.1, 0.15) is 27.7 Å². The number of aryl methyl sites for hydroxylation is 1. The van der Waals surface area contributed by atoms with E-state index < -0.39 is 0 Å². The van der Waals surface area contributed by atoms with Crippen LogP contribution in [0.25, 0.3) is 11.0 Å². The molecular weight excluding hydrogens is 350 g/mol. The normalized spacial score (nSPS) is 12.7. The van der Waals surface area contributed by atoms with E-state index in [2.05, 4.69) is 5.32 Å². The third kappa shape index (κ3) is 4.23. The number of nitrogens with zero attached hydrogens (tertiary/aromatic N) is 1. The molecule has 0 spiro atoms. The lowest BCUT2D eigenvalue weighted by Gasteiger charge is -2.25. The van der Waals surface area contributed by atoms with Crippen molar-refractivity contribution in [1.29, 1.82) is 0 Å². The summed E-state index contributed by atoms with van der Waals surface area (Å²) in [5, 5.41) is 3.75. The van der Waals surface area contributed by atoms with Crippen molar-refractivity contribution in [2.75, 3.05) is 27.2 Å². The fourth-order valence-corrected chi connectivity index (χ4v) is 3.15. The Morgan fingerprint density at radius 3 is 2.44 bits per heavy atom. The molecule has 27 heavy (non-hydrogen) atoms. The minimum absolute atomic E-state index is 0.00994. The van der Waals surface area contributed by atoms with Gasteiger partial charge in [-0.05, 0) is 56.9 Å². The average Bonchev–Trinajstić information content (AvgIpc) is 2.96. The minimum Gasteiger partial charge on any atom is -0.453 e. The van der Waals surface area contributed by atoms with Gasteiger partial charge in [-0.25, -0.2) is 8.78 Å². The summed E-state index contributed by atoms with van der Waals surface area (Å²) >= 11 is 0. The number of furan rings is 1. The van der Waals surface area contributed by atoms with Crippen molar-refractivity contribution >= 4 is 16.8 Å². The predicted molar refractivity (Wildman–Crippen MR) is 101 cm³/mol. The molecule has 142 valence electrons. The van der Waals surface area contributed by atoms with Crippen molar-refractivity contribution in [3.8, 4) is 0 Å². The fourth-order valence-electron chi connectivity index (χ4n) is 3.15. The van der Waals surface area contributed by atoms with Crippen molar-refractivity contribution in [1.82, 2.24) is 10.2 Å². The van der Waals surface area contributed by atoms with Crippen LogP contribution in [-0.4, -0.2) is 37.9 Å². The summed E-state index contributed by atoms with van der Waals surface area (Å²) in [5.74, 6) is -0.597. The molecule has 0 fully saturated rings. The quantitative estimate of drug-likeness (QED) is 0.635. The molecule has 0 amide bonds. The molecule has 1 heterocycles. The van der Waals surface area contributed by atoms with E-state index in [4.69, 9.17) is 4.42 Å². The number of ketones is 1. The van der Waals surface area contributed by atoms with Gasteiger partial charge in [0.05, 0.1) is 6.54 Å². The highest BCUT2D eigenvalue weighted by Gasteiger charge is 2.19. The van der Waals surface area contributed by atoms with E-state index in [9.17, 15) is 13.6 Å². The van der Waals surface area contributed by atoms with Gasteiger partial charge in [0.25, 0.3) is 0 Å². The van der Waals surface area contributed by atoms with Gasteiger partial charge < -0.3 is 14.6 Å². The van der Waals surface area contributed by atoms with Crippen LogP contribution < -0.4 is 5.32 Å². The smallest absolute Gasteiger partial charge is 0.212 e. The van der Waals surface area contributed by atoms with Gasteiger partial charge in [0.2, 0.25) is 5.78 Å². The fraction of sp³-hybridized carbons (Fsp3) is 0.286. The maximum Gasteiger partial charge on any atom is 0.212 e. The van der Waals surface area contributed by atoms with Crippen molar-refractivity contribution in [2.45, 2.75) is 13.0 Å². The number of fused-ring (bicyclic) bond motifs is 1. The van der Waals surface area contributed by atoms with E-state index in [1.165, 1.54) is 30.3 Å². The van der Waals surface area contributed by atoms with Crippen molar-refractivity contribution < 1.29 is 18.0 Å². The topological polar surface area (TPSA) is 45.5 Å². The van der Waals surface area contributed by atoms with Crippen molar-refractivity contribution in [3.05, 3.63) is 71.0 Å². The number of carbonyl (C=O) groups is 1. The molecule has 1 unspecified atom stereocenters. The second kappa shape index (κ2) is 7.98. The molecule has 0 radical (unpaired) electrons. The maximum atomic E-state index is 13.4. The molecule has 0 saturated heterocycles. The lowest BCUT2D eigenvalue weighted by atomic mass is 10.1. The highest BCUT2D eigenvalue weighted by molar-refractivity contribution is 6.01. The molecule has 2 aromatic carbocycles. The Morgan fingerprint density at radius 1 is 1.11 bits per heavy atom. The van der Waals surface area contributed by atoms with E-state index in [0.29, 0.717) is 23.1 Å². The maximum absolute atomic E-state index is 13.4. The summed E-state index contributed by atoms with van der Waals surface area (Å²) in [4.78, 5) is 14.5. The summed E-state index contributed by atoms with van der Waals surface area (Å²) < 4.78 is 32.2. The molecule has 1 aromatic heterocycles. The molecule has 3 aromatic rings. The Labute approximate surface area is 156 Å². The number of carbonyl (C=O) groups excluding carboxylic acids is 1. The first kappa shape index (κ1) is 19.2. The Morgan fingerprint density at radius 2 is 1.78 bits per heavy atom. The SMILES string of the molecule is Cc1c(C(=O)CNCC(c2ccc(F)cc2)N(C)C)oc2ccc(F)cc12. The Hall–Kier alpha value is -2.57. The van der Waals surface area contributed by atoms with Crippen LogP contribution in [0, 0.1) is 18.6 Å². The van der Waals surface area contributed by atoms with Gasteiger partial charge in [0, 0.05) is 23.5 Å². The summed E-state index contributed by atoms with van der Waals surface area (Å²) in [6.45, 7) is 2.35. The molecular formula is C21H22F2N2O2. The van der Waals surface area contributed by atoms with Crippen LogP contribution in [-0.2, 0) is 0 Å². The monoisotopic (exact) mass is 372 g/mol. The predicted octanol–water partition coefficient (Wildman–Crippen LogP) is 4.09. The molecule has 4 nitrogen and oxygen atoms in total. The number of benzene rings is 2. The van der Waals surface area contributed by atoms with E-state index in [1.54, 1.807) is 19.1 Å². The number of likely N-dealkylation sites (N-methyl/N-ethyl adjacent to an activating group) is 1. The van der Waals surface area contributed by atoms with Crippen LogP contribution >= 0.6 is 0 Å². The first-order chi connectivity index (χ1) is 12.9. The standard InChI is InChI=1S/C21H22F2N2O2/c1-13-17-10-16(23)8-9-20(17)27-21(13)19(26)12-24-11-18(25(2)3)14-4-6-15(22)7-5-14/h4-10,18,24H,11-12H2,1-3H3. The largest absolute Gasteiger partial charge is 0.453 e. The van der Waals surface area contributed by atoms with Gasteiger partial charge in [0.15, 0.2) is 5.76 Å². The molecule has 0 aliphatic heterocycles. The summed E-state index contributed by atoms with van der Waals surface area (Å²) in [6, 6.07) is 10.5. The van der Waals surface area contributed by atoms with Gasteiger partial charge in [-0.15, -0.1) is 0 Å². The van der Waals surface area contributed by atoms with Crippen LogP contribution in [0.2, 0.25) is 0 Å². The van der Waals surface area contributed by atoms with Crippen molar-refractivity contribution in [2.24, 2.45) is 0 Å². The van der Waals surface area contributed by atoms with E-state index in [-0.39, 0.29) is 35.8 Å². The Bertz CT molecular complexity index is 949. The van der Waals surface area contributed by atoms with Crippen molar-refractivity contribution in [3.63, 3.8) is 0 Å². The van der Waals surface area contributed by atoms with Gasteiger partial charge in [0.1, 0.15) is 17.2 Å². The van der Waals surface area contributed by atoms with Crippen LogP contribution in [0.3, 0.4) is 0 Å². The molecule has 0 aliphatic carbocycles. The highest BCUT2D eigenvalue weighted by atomic mass is 19.1. The van der Waals surface area contributed by atoms with E-state index in [1.807, 2.05) is 19.0 Å². The van der Waals surface area contributed by atoms with Gasteiger partial charge >= 0.3 is 0 Å². The molecule has 0 aliphatic rings. The highest BCUT2D eigenvalue weighted by Crippen LogP contribution is 2.26. The number of rotatable bonds is 7. The Kier molecular flexibility index (Phi) is 5.68. The van der Waals surface area contributed by atoms with E-state index in [0.717, 1.165) is 5.56 Å². The zero-order valence-electron chi connectivity index (χ0n) is 15.6. The third-order valence-electron chi connectivity index (χ3n) is 4.65. The molecule has 1 N–H and O–H groups in total. The number of halogens is 2.